The van der Waals surface area contributed by atoms with Crippen LogP contribution in [0, 0.1) is 0 Å². The van der Waals surface area contributed by atoms with Crippen molar-refractivity contribution < 1.29 is 9.53 Å². The highest BCUT2D eigenvalue weighted by Crippen LogP contribution is 2.35. The van der Waals surface area contributed by atoms with Crippen LogP contribution in [0.2, 0.25) is 0 Å². The standard InChI is InChI=1S/C18H22N2O2S/c1-22-18(21)16(13-7-3-2-4-8-13)19-11-15-12-23-17(20-15)14-9-5-6-10-14/h2-4,7-8,12,14,16,19H,5-6,9-11H2,1H3. The zero-order valence-electron chi connectivity index (χ0n) is 13.3. The van der Waals surface area contributed by atoms with Gasteiger partial charge in [0.15, 0.2) is 0 Å². The highest BCUT2D eigenvalue weighted by molar-refractivity contribution is 7.09. The van der Waals surface area contributed by atoms with Crippen molar-refractivity contribution in [3.05, 3.63) is 52.0 Å². The lowest BCUT2D eigenvalue weighted by atomic mass is 10.1. The van der Waals surface area contributed by atoms with Crippen LogP contribution in [-0.2, 0) is 16.1 Å². The van der Waals surface area contributed by atoms with E-state index in [2.05, 4.69) is 10.7 Å². The molecule has 1 aliphatic rings. The fraction of sp³-hybridized carbons (Fsp3) is 0.444. The van der Waals surface area contributed by atoms with E-state index in [-0.39, 0.29) is 5.97 Å². The van der Waals surface area contributed by atoms with Gasteiger partial charge in [-0.25, -0.2) is 9.78 Å². The summed E-state index contributed by atoms with van der Waals surface area (Å²) in [6, 6.07) is 9.19. The summed E-state index contributed by atoms with van der Waals surface area (Å²) >= 11 is 1.74. The summed E-state index contributed by atoms with van der Waals surface area (Å²) in [4.78, 5) is 16.8. The molecule has 1 aromatic carbocycles. The smallest absolute Gasteiger partial charge is 0.327 e. The summed E-state index contributed by atoms with van der Waals surface area (Å²) < 4.78 is 4.92. The monoisotopic (exact) mass is 330 g/mol. The van der Waals surface area contributed by atoms with Gasteiger partial charge in [-0.15, -0.1) is 11.3 Å². The zero-order chi connectivity index (χ0) is 16.1. The summed E-state index contributed by atoms with van der Waals surface area (Å²) in [5.41, 5.74) is 1.91. The second-order valence-electron chi connectivity index (χ2n) is 5.91. The molecule has 0 saturated heterocycles. The highest BCUT2D eigenvalue weighted by Gasteiger charge is 2.22. The largest absolute Gasteiger partial charge is 0.468 e. The number of carbonyl (C=O) groups is 1. The topological polar surface area (TPSA) is 51.2 Å². The van der Waals surface area contributed by atoms with Gasteiger partial charge in [0.25, 0.3) is 0 Å². The van der Waals surface area contributed by atoms with E-state index in [0.717, 1.165) is 11.3 Å². The summed E-state index contributed by atoms with van der Waals surface area (Å²) in [6.07, 6.45) is 5.15. The highest BCUT2D eigenvalue weighted by atomic mass is 32.1. The molecule has 0 amide bonds. The molecule has 1 N–H and O–H groups in total. The van der Waals surface area contributed by atoms with Crippen LogP contribution in [0.4, 0.5) is 0 Å². The third kappa shape index (κ3) is 3.98. The summed E-state index contributed by atoms with van der Waals surface area (Å²) in [6.45, 7) is 0.567. The van der Waals surface area contributed by atoms with Gasteiger partial charge < -0.3 is 4.74 Å². The molecule has 0 radical (unpaired) electrons. The number of nitrogens with zero attached hydrogens (tertiary/aromatic N) is 1. The Morgan fingerprint density at radius 1 is 1.35 bits per heavy atom. The van der Waals surface area contributed by atoms with Crippen molar-refractivity contribution in [2.75, 3.05) is 7.11 Å². The first-order chi connectivity index (χ1) is 11.3. The van der Waals surface area contributed by atoms with E-state index in [1.165, 1.54) is 37.8 Å². The molecule has 3 rings (SSSR count). The van der Waals surface area contributed by atoms with Crippen LogP contribution < -0.4 is 5.32 Å². The van der Waals surface area contributed by atoms with E-state index < -0.39 is 6.04 Å². The molecule has 2 aromatic rings. The van der Waals surface area contributed by atoms with Gasteiger partial charge in [-0.1, -0.05) is 43.2 Å². The van der Waals surface area contributed by atoms with Crippen molar-refractivity contribution in [3.63, 3.8) is 0 Å². The predicted molar refractivity (Wildman–Crippen MR) is 91.4 cm³/mol. The van der Waals surface area contributed by atoms with Crippen LogP contribution in [-0.4, -0.2) is 18.1 Å². The van der Waals surface area contributed by atoms with Crippen molar-refractivity contribution in [3.8, 4) is 0 Å². The Morgan fingerprint density at radius 2 is 2.09 bits per heavy atom. The molecule has 23 heavy (non-hydrogen) atoms. The minimum atomic E-state index is -0.460. The van der Waals surface area contributed by atoms with E-state index >= 15 is 0 Å². The van der Waals surface area contributed by atoms with Gasteiger partial charge in [0.2, 0.25) is 0 Å². The number of thiazole rings is 1. The Labute approximate surface area is 140 Å². The van der Waals surface area contributed by atoms with Crippen molar-refractivity contribution in [1.29, 1.82) is 0 Å². The van der Waals surface area contributed by atoms with Crippen molar-refractivity contribution >= 4 is 17.3 Å². The van der Waals surface area contributed by atoms with Gasteiger partial charge in [0, 0.05) is 17.8 Å². The molecule has 1 saturated carbocycles. The molecule has 4 nitrogen and oxygen atoms in total. The van der Waals surface area contributed by atoms with E-state index in [1.807, 2.05) is 30.3 Å². The van der Waals surface area contributed by atoms with E-state index in [0.29, 0.717) is 12.5 Å². The van der Waals surface area contributed by atoms with Crippen LogP contribution in [0.3, 0.4) is 0 Å². The van der Waals surface area contributed by atoms with Gasteiger partial charge >= 0.3 is 5.97 Å². The number of hydrogen-bond acceptors (Lipinski definition) is 5. The average molecular weight is 330 g/mol. The van der Waals surface area contributed by atoms with Gasteiger partial charge in [0.1, 0.15) is 6.04 Å². The van der Waals surface area contributed by atoms with Crippen LogP contribution in [0.25, 0.3) is 0 Å². The Kier molecular flexibility index (Phi) is 5.41. The Morgan fingerprint density at radius 3 is 2.78 bits per heavy atom. The van der Waals surface area contributed by atoms with Crippen molar-refractivity contribution in [2.24, 2.45) is 0 Å². The first kappa shape index (κ1) is 16.1. The maximum atomic E-state index is 12.0. The zero-order valence-corrected chi connectivity index (χ0v) is 14.1. The van der Waals surface area contributed by atoms with Crippen molar-refractivity contribution in [1.82, 2.24) is 10.3 Å². The van der Waals surface area contributed by atoms with Crippen LogP contribution >= 0.6 is 11.3 Å². The number of ether oxygens (including phenoxy) is 1. The van der Waals surface area contributed by atoms with Gasteiger partial charge in [-0.2, -0.15) is 0 Å². The normalized spacial score (nSPS) is 16.4. The van der Waals surface area contributed by atoms with Crippen LogP contribution in [0.5, 0.6) is 0 Å². The molecule has 1 unspecified atom stereocenters. The maximum absolute atomic E-state index is 12.0. The average Bonchev–Trinajstić information content (AvgIpc) is 3.27. The van der Waals surface area contributed by atoms with Crippen molar-refractivity contribution in [2.45, 2.75) is 44.2 Å². The lowest BCUT2D eigenvalue weighted by molar-refractivity contribution is -0.143. The molecule has 1 atom stereocenters. The number of methoxy groups -OCH3 is 1. The Balaban J connectivity index is 1.65. The molecule has 0 bridgehead atoms. The molecule has 1 aliphatic carbocycles. The number of rotatable bonds is 6. The lowest BCUT2D eigenvalue weighted by Crippen LogP contribution is -2.29. The molecule has 5 heteroatoms. The number of hydrogen-bond donors (Lipinski definition) is 1. The quantitative estimate of drug-likeness (QED) is 0.819. The summed E-state index contributed by atoms with van der Waals surface area (Å²) in [5, 5.41) is 6.62. The molecule has 1 heterocycles. The van der Waals surface area contributed by atoms with Crippen LogP contribution in [0.1, 0.15) is 53.9 Å². The third-order valence-electron chi connectivity index (χ3n) is 4.33. The van der Waals surface area contributed by atoms with Gasteiger partial charge in [-0.05, 0) is 18.4 Å². The third-order valence-corrected chi connectivity index (χ3v) is 5.39. The second-order valence-corrected chi connectivity index (χ2v) is 6.80. The molecule has 122 valence electrons. The fourth-order valence-electron chi connectivity index (χ4n) is 3.07. The number of esters is 1. The molecule has 1 fully saturated rings. The number of nitrogens with one attached hydrogen (secondary N) is 1. The summed E-state index contributed by atoms with van der Waals surface area (Å²) in [5.74, 6) is 0.363. The Hall–Kier alpha value is -1.72. The van der Waals surface area contributed by atoms with Crippen LogP contribution in [0.15, 0.2) is 35.7 Å². The fourth-order valence-corrected chi connectivity index (χ4v) is 4.06. The number of carbonyl (C=O) groups excluding carboxylic acids is 1. The molecule has 0 aliphatic heterocycles. The summed E-state index contributed by atoms with van der Waals surface area (Å²) in [7, 11) is 1.42. The SMILES string of the molecule is COC(=O)C(NCc1csc(C2CCCC2)n1)c1ccccc1. The number of benzene rings is 1. The predicted octanol–water partition coefficient (Wildman–Crippen LogP) is 3.80. The van der Waals surface area contributed by atoms with E-state index in [1.54, 1.807) is 11.3 Å². The molecule has 0 spiro atoms. The molecular weight excluding hydrogens is 308 g/mol. The Bertz CT molecular complexity index is 635. The first-order valence-corrected chi connectivity index (χ1v) is 8.96. The molecule has 1 aromatic heterocycles. The minimum absolute atomic E-state index is 0.276. The maximum Gasteiger partial charge on any atom is 0.327 e. The van der Waals surface area contributed by atoms with Gasteiger partial charge in [-0.3, -0.25) is 5.32 Å². The number of aromatic nitrogens is 1. The minimum Gasteiger partial charge on any atom is -0.468 e. The van der Waals surface area contributed by atoms with E-state index in [9.17, 15) is 4.79 Å². The lowest BCUT2D eigenvalue weighted by Gasteiger charge is -2.16. The van der Waals surface area contributed by atoms with E-state index in [4.69, 9.17) is 9.72 Å². The van der Waals surface area contributed by atoms with Gasteiger partial charge in [0.05, 0.1) is 17.8 Å². The second kappa shape index (κ2) is 7.70. The first-order valence-electron chi connectivity index (χ1n) is 8.08. The molecular formula is C18H22N2O2S.